The first-order chi connectivity index (χ1) is 11.2. The molecule has 0 fully saturated rings. The Morgan fingerprint density at radius 3 is 2.65 bits per heavy atom. The van der Waals surface area contributed by atoms with Crippen molar-refractivity contribution in [1.82, 2.24) is 5.32 Å². The van der Waals surface area contributed by atoms with Gasteiger partial charge >= 0.3 is 0 Å². The van der Waals surface area contributed by atoms with Crippen molar-refractivity contribution in [3.05, 3.63) is 58.6 Å². The molecule has 2 aromatic rings. The van der Waals surface area contributed by atoms with Crippen molar-refractivity contribution < 1.29 is 9.53 Å². The predicted molar refractivity (Wildman–Crippen MR) is 96.7 cm³/mol. The Morgan fingerprint density at radius 2 is 1.96 bits per heavy atom. The minimum Gasteiger partial charge on any atom is -0.488 e. The van der Waals surface area contributed by atoms with Gasteiger partial charge in [-0.25, -0.2) is 0 Å². The van der Waals surface area contributed by atoms with E-state index in [-0.39, 0.29) is 5.91 Å². The molecule has 2 rings (SSSR count). The van der Waals surface area contributed by atoms with Crippen LogP contribution in [0.3, 0.4) is 0 Å². The topological polar surface area (TPSA) is 50.4 Å². The van der Waals surface area contributed by atoms with Gasteiger partial charge in [0.05, 0.1) is 4.47 Å². The second kappa shape index (κ2) is 9.33. The summed E-state index contributed by atoms with van der Waals surface area (Å²) in [5.41, 5.74) is 1.87. The Labute approximate surface area is 145 Å². The normalized spacial score (nSPS) is 10.3. The van der Waals surface area contributed by atoms with Crippen molar-refractivity contribution in [3.8, 4) is 5.75 Å². The lowest BCUT2D eigenvalue weighted by molar-refractivity contribution is -0.116. The van der Waals surface area contributed by atoms with Crippen LogP contribution in [-0.2, 0) is 11.4 Å². The number of nitrogens with one attached hydrogen (secondary N) is 2. The van der Waals surface area contributed by atoms with Gasteiger partial charge in [0.15, 0.2) is 0 Å². The lowest BCUT2D eigenvalue weighted by atomic mass is 10.2. The van der Waals surface area contributed by atoms with E-state index < -0.39 is 0 Å². The van der Waals surface area contributed by atoms with Gasteiger partial charge < -0.3 is 15.4 Å². The van der Waals surface area contributed by atoms with Crippen LogP contribution < -0.4 is 15.4 Å². The smallest absolute Gasteiger partial charge is 0.224 e. The van der Waals surface area contributed by atoms with Crippen molar-refractivity contribution >= 4 is 27.5 Å². The monoisotopic (exact) mass is 376 g/mol. The zero-order valence-electron chi connectivity index (χ0n) is 13.1. The quantitative estimate of drug-likeness (QED) is 0.685. The lowest BCUT2D eigenvalue weighted by Crippen LogP contribution is -2.15. The Bertz CT molecular complexity index is 632. The van der Waals surface area contributed by atoms with Gasteiger partial charge in [-0.2, -0.15) is 0 Å². The molecule has 0 aliphatic heterocycles. The number of anilines is 1. The van der Waals surface area contributed by atoms with Crippen LogP contribution in [-0.4, -0.2) is 19.5 Å². The number of ether oxygens (including phenoxy) is 1. The molecular weight excluding hydrogens is 356 g/mol. The maximum atomic E-state index is 11.8. The van der Waals surface area contributed by atoms with Crippen LogP contribution in [0, 0.1) is 0 Å². The van der Waals surface area contributed by atoms with Gasteiger partial charge in [-0.3, -0.25) is 4.79 Å². The molecule has 1 amide bonds. The average molecular weight is 377 g/mol. The van der Waals surface area contributed by atoms with E-state index in [4.69, 9.17) is 4.74 Å². The van der Waals surface area contributed by atoms with Crippen molar-refractivity contribution in [2.24, 2.45) is 0 Å². The summed E-state index contributed by atoms with van der Waals surface area (Å²) in [6, 6.07) is 15.6. The maximum Gasteiger partial charge on any atom is 0.224 e. The third-order valence-corrected chi connectivity index (χ3v) is 3.90. The summed E-state index contributed by atoms with van der Waals surface area (Å²) < 4.78 is 6.62. The van der Waals surface area contributed by atoms with Crippen LogP contribution in [0.4, 0.5) is 5.69 Å². The summed E-state index contributed by atoms with van der Waals surface area (Å²) in [5, 5.41) is 5.92. The third-order valence-electron chi connectivity index (χ3n) is 3.28. The number of carbonyl (C=O) groups is 1. The minimum absolute atomic E-state index is 0.0186. The van der Waals surface area contributed by atoms with Gasteiger partial charge in [0.2, 0.25) is 5.91 Å². The van der Waals surface area contributed by atoms with Crippen LogP contribution in [0.15, 0.2) is 53.0 Å². The fourth-order valence-corrected chi connectivity index (χ4v) is 2.57. The van der Waals surface area contributed by atoms with Gasteiger partial charge in [0, 0.05) is 12.1 Å². The fraction of sp³-hybridized carbons (Fsp3) is 0.278. The summed E-state index contributed by atoms with van der Waals surface area (Å²) in [5.74, 6) is 0.770. The molecule has 0 heterocycles. The first kappa shape index (κ1) is 17.5. The predicted octanol–water partition coefficient (Wildman–Crippen LogP) is 3.97. The molecule has 0 saturated carbocycles. The maximum absolute atomic E-state index is 11.8. The Kier molecular flexibility index (Phi) is 7.10. The largest absolute Gasteiger partial charge is 0.488 e. The van der Waals surface area contributed by atoms with E-state index in [1.807, 2.05) is 55.6 Å². The van der Waals surface area contributed by atoms with E-state index in [0.29, 0.717) is 13.0 Å². The highest BCUT2D eigenvalue weighted by Gasteiger charge is 2.06. The van der Waals surface area contributed by atoms with E-state index in [2.05, 4.69) is 26.6 Å². The number of halogens is 1. The van der Waals surface area contributed by atoms with E-state index in [1.165, 1.54) is 0 Å². The highest BCUT2D eigenvalue weighted by Crippen LogP contribution is 2.29. The van der Waals surface area contributed by atoms with Gasteiger partial charge in [0.1, 0.15) is 12.4 Å². The highest BCUT2D eigenvalue weighted by atomic mass is 79.9. The zero-order valence-corrected chi connectivity index (χ0v) is 14.7. The van der Waals surface area contributed by atoms with Crippen molar-refractivity contribution in [3.63, 3.8) is 0 Å². The second-order valence-corrected chi connectivity index (χ2v) is 6.03. The molecule has 0 unspecified atom stereocenters. The molecular formula is C18H21BrN2O2. The molecule has 2 N–H and O–H groups in total. The highest BCUT2D eigenvalue weighted by molar-refractivity contribution is 9.10. The molecule has 122 valence electrons. The van der Waals surface area contributed by atoms with Gasteiger partial charge in [-0.15, -0.1) is 0 Å². The number of carbonyl (C=O) groups excluding carboxylic acids is 1. The van der Waals surface area contributed by atoms with Gasteiger partial charge in [0.25, 0.3) is 0 Å². The first-order valence-corrected chi connectivity index (χ1v) is 8.39. The van der Waals surface area contributed by atoms with Crippen LogP contribution in [0.1, 0.15) is 18.4 Å². The summed E-state index contributed by atoms with van der Waals surface area (Å²) >= 11 is 3.49. The molecule has 0 saturated heterocycles. The summed E-state index contributed by atoms with van der Waals surface area (Å²) in [6.45, 7) is 1.35. The van der Waals surface area contributed by atoms with Crippen LogP contribution in [0.2, 0.25) is 0 Å². The molecule has 0 radical (unpaired) electrons. The van der Waals surface area contributed by atoms with Crippen molar-refractivity contribution in [2.75, 3.05) is 18.9 Å². The number of benzene rings is 2. The zero-order chi connectivity index (χ0) is 16.5. The van der Waals surface area contributed by atoms with Crippen molar-refractivity contribution in [1.29, 1.82) is 0 Å². The molecule has 5 heteroatoms. The Balaban J connectivity index is 1.88. The number of amides is 1. The second-order valence-electron chi connectivity index (χ2n) is 5.17. The Hall–Kier alpha value is -1.85. The van der Waals surface area contributed by atoms with E-state index in [9.17, 15) is 4.79 Å². The summed E-state index contributed by atoms with van der Waals surface area (Å²) in [7, 11) is 1.88. The average Bonchev–Trinajstić information content (AvgIpc) is 2.55. The standard InChI is InChI=1S/C18H21BrN2O2/c1-20-11-5-8-18(22)21-15-9-10-17(16(19)12-15)23-13-14-6-3-2-4-7-14/h2-4,6-7,9-10,12,20H,5,8,11,13H2,1H3,(H,21,22). The minimum atomic E-state index is 0.0186. The molecule has 0 aliphatic rings. The number of hydrogen-bond donors (Lipinski definition) is 2. The summed E-state index contributed by atoms with van der Waals surface area (Å²) in [6.07, 6.45) is 1.33. The van der Waals surface area contributed by atoms with E-state index in [0.717, 1.165) is 34.4 Å². The first-order valence-electron chi connectivity index (χ1n) is 7.60. The summed E-state index contributed by atoms with van der Waals surface area (Å²) in [4.78, 5) is 11.8. The van der Waals surface area contributed by atoms with Crippen molar-refractivity contribution in [2.45, 2.75) is 19.4 Å². The number of rotatable bonds is 8. The third kappa shape index (κ3) is 6.04. The molecule has 0 atom stereocenters. The molecule has 0 aliphatic carbocycles. The number of hydrogen-bond acceptors (Lipinski definition) is 3. The van der Waals surface area contributed by atoms with E-state index >= 15 is 0 Å². The van der Waals surface area contributed by atoms with E-state index in [1.54, 1.807) is 0 Å². The van der Waals surface area contributed by atoms with Gasteiger partial charge in [-0.1, -0.05) is 30.3 Å². The lowest BCUT2D eigenvalue weighted by Gasteiger charge is -2.11. The van der Waals surface area contributed by atoms with Gasteiger partial charge in [-0.05, 0) is 59.7 Å². The molecule has 0 bridgehead atoms. The van der Waals surface area contributed by atoms with Crippen LogP contribution in [0.25, 0.3) is 0 Å². The van der Waals surface area contributed by atoms with Crippen LogP contribution in [0.5, 0.6) is 5.75 Å². The molecule has 23 heavy (non-hydrogen) atoms. The molecule has 2 aromatic carbocycles. The van der Waals surface area contributed by atoms with Crippen LogP contribution >= 0.6 is 15.9 Å². The molecule has 0 spiro atoms. The fourth-order valence-electron chi connectivity index (χ4n) is 2.08. The SMILES string of the molecule is CNCCCC(=O)Nc1ccc(OCc2ccccc2)c(Br)c1. The Morgan fingerprint density at radius 1 is 1.17 bits per heavy atom. The molecule has 0 aromatic heterocycles. The molecule has 4 nitrogen and oxygen atoms in total.